The zero-order chi connectivity index (χ0) is 8.69. The van der Waals surface area contributed by atoms with Crippen molar-refractivity contribution in [2.75, 3.05) is 19.7 Å². The molecular formula is C7H15NO3. The molecule has 0 aliphatic rings. The Morgan fingerprint density at radius 1 is 1.73 bits per heavy atom. The highest BCUT2D eigenvalue weighted by molar-refractivity contribution is 5.68. The Kier molecular flexibility index (Phi) is 5.78. The Morgan fingerprint density at radius 2 is 2.36 bits per heavy atom. The molecule has 0 aromatic rings. The second-order valence-electron chi connectivity index (χ2n) is 2.32. The lowest BCUT2D eigenvalue weighted by Gasteiger charge is -2.10. The van der Waals surface area contributed by atoms with Crippen LogP contribution in [0.1, 0.15) is 13.8 Å². The molecule has 0 bridgehead atoms. The maximum absolute atomic E-state index is 10.0. The summed E-state index contributed by atoms with van der Waals surface area (Å²) in [5, 5.41) is 11.3. The number of hydrogen-bond acceptors (Lipinski definition) is 3. The molecule has 4 nitrogen and oxygen atoms in total. The normalized spacial score (nSPS) is 12.9. The first kappa shape index (κ1) is 10.4. The zero-order valence-corrected chi connectivity index (χ0v) is 6.96. The molecule has 0 spiro atoms. The summed E-state index contributed by atoms with van der Waals surface area (Å²) in [5.41, 5.74) is 0. The topological polar surface area (TPSA) is 58.6 Å². The Bertz CT molecular complexity index is 116. The van der Waals surface area contributed by atoms with Gasteiger partial charge in [0, 0.05) is 6.54 Å². The summed E-state index contributed by atoms with van der Waals surface area (Å²) in [6.45, 7) is 5.19. The van der Waals surface area contributed by atoms with E-state index < -0.39 is 5.97 Å². The van der Waals surface area contributed by atoms with Crippen molar-refractivity contribution in [2.24, 2.45) is 0 Å². The van der Waals surface area contributed by atoms with Crippen LogP contribution in [0.5, 0.6) is 0 Å². The van der Waals surface area contributed by atoms with Crippen LogP contribution in [0.25, 0.3) is 0 Å². The minimum atomic E-state index is -0.923. The van der Waals surface area contributed by atoms with Crippen molar-refractivity contribution < 1.29 is 14.6 Å². The van der Waals surface area contributed by atoms with Crippen molar-refractivity contribution in [1.29, 1.82) is 0 Å². The van der Waals surface area contributed by atoms with E-state index in [1.54, 1.807) is 0 Å². The van der Waals surface area contributed by atoms with Gasteiger partial charge in [-0.2, -0.15) is 0 Å². The Morgan fingerprint density at radius 3 is 2.82 bits per heavy atom. The van der Waals surface area contributed by atoms with E-state index in [0.29, 0.717) is 6.54 Å². The van der Waals surface area contributed by atoms with Crippen LogP contribution < -0.4 is 5.32 Å². The van der Waals surface area contributed by atoms with Crippen LogP contribution in [0, 0.1) is 0 Å². The molecule has 1 atom stereocenters. The molecule has 0 aliphatic heterocycles. The van der Waals surface area contributed by atoms with Crippen molar-refractivity contribution in [3.63, 3.8) is 0 Å². The largest absolute Gasteiger partial charge is 0.480 e. The van der Waals surface area contributed by atoms with E-state index >= 15 is 0 Å². The van der Waals surface area contributed by atoms with Crippen LogP contribution in [0.3, 0.4) is 0 Å². The van der Waals surface area contributed by atoms with Crippen molar-refractivity contribution in [2.45, 2.75) is 20.0 Å². The second-order valence-corrected chi connectivity index (χ2v) is 2.32. The first-order valence-corrected chi connectivity index (χ1v) is 3.71. The number of ether oxygens (including phenoxy) is 1. The molecule has 0 heterocycles. The molecule has 0 aromatic heterocycles. The van der Waals surface area contributed by atoms with Crippen LogP contribution in [0.4, 0.5) is 0 Å². The van der Waals surface area contributed by atoms with Crippen molar-refractivity contribution in [3.05, 3.63) is 0 Å². The predicted octanol–water partition coefficient (Wildman–Crippen LogP) is 0.0856. The van der Waals surface area contributed by atoms with Crippen LogP contribution in [-0.4, -0.2) is 36.9 Å². The van der Waals surface area contributed by atoms with Gasteiger partial charge in [0.1, 0.15) is 6.61 Å². The van der Waals surface area contributed by atoms with Crippen molar-refractivity contribution in [1.82, 2.24) is 5.32 Å². The highest BCUT2D eigenvalue weighted by atomic mass is 16.5. The number of rotatable bonds is 6. The fourth-order valence-electron chi connectivity index (χ4n) is 0.620. The van der Waals surface area contributed by atoms with Gasteiger partial charge in [-0.15, -0.1) is 0 Å². The van der Waals surface area contributed by atoms with Gasteiger partial charge in [0.05, 0.1) is 6.10 Å². The summed E-state index contributed by atoms with van der Waals surface area (Å²) in [6, 6.07) is 0. The molecule has 0 saturated carbocycles. The molecule has 0 aromatic carbocycles. The predicted molar refractivity (Wildman–Crippen MR) is 41.6 cm³/mol. The monoisotopic (exact) mass is 161 g/mol. The molecule has 0 rings (SSSR count). The summed E-state index contributed by atoms with van der Waals surface area (Å²) in [5.74, 6) is -0.923. The van der Waals surface area contributed by atoms with E-state index in [9.17, 15) is 4.79 Å². The highest BCUT2D eigenvalue weighted by Crippen LogP contribution is 1.87. The number of carboxylic acid groups (broad SMARTS) is 1. The van der Waals surface area contributed by atoms with Crippen LogP contribution in [-0.2, 0) is 9.53 Å². The highest BCUT2D eigenvalue weighted by Gasteiger charge is 2.03. The third kappa shape index (κ3) is 7.29. The maximum Gasteiger partial charge on any atom is 0.329 e. The van der Waals surface area contributed by atoms with Gasteiger partial charge in [0.2, 0.25) is 0 Å². The van der Waals surface area contributed by atoms with Gasteiger partial charge in [0.25, 0.3) is 0 Å². The maximum atomic E-state index is 10.0. The lowest BCUT2D eigenvalue weighted by atomic mass is 10.4. The quantitative estimate of drug-likeness (QED) is 0.579. The molecule has 0 amide bonds. The fourth-order valence-corrected chi connectivity index (χ4v) is 0.620. The van der Waals surface area contributed by atoms with Crippen LogP contribution >= 0.6 is 0 Å². The van der Waals surface area contributed by atoms with Gasteiger partial charge in [-0.3, -0.25) is 0 Å². The van der Waals surface area contributed by atoms with Gasteiger partial charge in [-0.25, -0.2) is 4.79 Å². The van der Waals surface area contributed by atoms with Crippen molar-refractivity contribution >= 4 is 5.97 Å². The van der Waals surface area contributed by atoms with Gasteiger partial charge >= 0.3 is 5.97 Å². The van der Waals surface area contributed by atoms with E-state index in [2.05, 4.69) is 5.32 Å². The number of aliphatic carboxylic acids is 1. The third-order valence-corrected chi connectivity index (χ3v) is 1.17. The minimum Gasteiger partial charge on any atom is -0.480 e. The average molecular weight is 161 g/mol. The molecular weight excluding hydrogens is 146 g/mol. The molecule has 0 aliphatic carbocycles. The van der Waals surface area contributed by atoms with E-state index in [4.69, 9.17) is 9.84 Å². The fraction of sp³-hybridized carbons (Fsp3) is 0.857. The molecule has 0 radical (unpaired) electrons. The summed E-state index contributed by atoms with van der Waals surface area (Å²) in [6.07, 6.45) is -0.0361. The zero-order valence-electron chi connectivity index (χ0n) is 6.96. The smallest absolute Gasteiger partial charge is 0.329 e. The van der Waals surface area contributed by atoms with Gasteiger partial charge < -0.3 is 15.2 Å². The Balaban J connectivity index is 3.22. The Labute approximate surface area is 66.5 Å². The number of hydrogen-bond donors (Lipinski definition) is 2. The Hall–Kier alpha value is -0.610. The average Bonchev–Trinajstić information content (AvgIpc) is 1.97. The number of carboxylic acids is 1. The molecule has 4 heteroatoms. The first-order valence-electron chi connectivity index (χ1n) is 3.71. The van der Waals surface area contributed by atoms with Gasteiger partial charge in [-0.1, -0.05) is 6.92 Å². The van der Waals surface area contributed by atoms with E-state index in [-0.39, 0.29) is 12.7 Å². The van der Waals surface area contributed by atoms with E-state index in [1.807, 2.05) is 13.8 Å². The summed E-state index contributed by atoms with van der Waals surface area (Å²) in [7, 11) is 0. The lowest BCUT2D eigenvalue weighted by molar-refractivity contribution is -0.143. The van der Waals surface area contributed by atoms with Gasteiger partial charge in [-0.05, 0) is 13.5 Å². The van der Waals surface area contributed by atoms with Crippen molar-refractivity contribution in [3.8, 4) is 0 Å². The molecule has 0 fully saturated rings. The minimum absolute atomic E-state index is 0.0361. The first-order chi connectivity index (χ1) is 5.16. The number of carbonyl (C=O) groups is 1. The lowest BCUT2D eigenvalue weighted by Crippen LogP contribution is -2.28. The van der Waals surface area contributed by atoms with E-state index in [0.717, 1.165) is 6.54 Å². The summed E-state index contributed by atoms with van der Waals surface area (Å²) < 4.78 is 4.94. The van der Waals surface area contributed by atoms with Crippen LogP contribution in [0.15, 0.2) is 0 Å². The van der Waals surface area contributed by atoms with E-state index in [1.165, 1.54) is 0 Å². The second kappa shape index (κ2) is 6.12. The summed E-state index contributed by atoms with van der Waals surface area (Å²) in [4.78, 5) is 10.0. The molecule has 66 valence electrons. The number of likely N-dealkylation sites (N-methyl/N-ethyl adjacent to an activating group) is 1. The number of nitrogens with one attached hydrogen (secondary N) is 1. The third-order valence-electron chi connectivity index (χ3n) is 1.17. The molecule has 0 saturated heterocycles. The molecule has 2 N–H and O–H groups in total. The SMILES string of the molecule is CCNCC(C)OCC(=O)O. The standard InChI is InChI=1S/C7H15NO3/c1-3-8-4-6(2)11-5-7(9)10/h6,8H,3-5H2,1-2H3,(H,9,10). The molecule has 1 unspecified atom stereocenters. The van der Waals surface area contributed by atoms with Crippen LogP contribution in [0.2, 0.25) is 0 Å². The van der Waals surface area contributed by atoms with Gasteiger partial charge in [0.15, 0.2) is 0 Å². The molecule has 11 heavy (non-hydrogen) atoms. The summed E-state index contributed by atoms with van der Waals surface area (Å²) >= 11 is 0.